The monoisotopic (exact) mass is 453 g/mol. The molecule has 2 N–H and O–H groups in total. The van der Waals surface area contributed by atoms with Gasteiger partial charge in [0.1, 0.15) is 22.9 Å². The third kappa shape index (κ3) is 3.54. The maximum absolute atomic E-state index is 6.40. The average molecular weight is 454 g/mol. The van der Waals surface area contributed by atoms with E-state index in [1.165, 1.54) is 35.2 Å². The minimum absolute atomic E-state index is 0.474. The second-order valence-electron chi connectivity index (χ2n) is 9.74. The molecule has 1 aliphatic heterocycles. The number of nitrogens with two attached hydrogens (primary N) is 1. The molecule has 5 heteroatoms. The molecule has 0 atom stereocenters. The highest BCUT2D eigenvalue weighted by Gasteiger charge is 2.32. The van der Waals surface area contributed by atoms with Crippen LogP contribution in [0.25, 0.3) is 28.0 Å². The molecule has 0 amide bonds. The van der Waals surface area contributed by atoms with Crippen molar-refractivity contribution in [2.24, 2.45) is 5.92 Å². The van der Waals surface area contributed by atoms with Gasteiger partial charge in [-0.25, -0.2) is 9.97 Å². The molecule has 1 aliphatic carbocycles. The van der Waals surface area contributed by atoms with Crippen LogP contribution in [0.2, 0.25) is 0 Å². The van der Waals surface area contributed by atoms with Gasteiger partial charge in [0.2, 0.25) is 0 Å². The molecule has 2 aliphatic rings. The maximum atomic E-state index is 6.40. The predicted octanol–water partition coefficient (Wildman–Crippen LogP) is 7.23. The zero-order valence-electron chi connectivity index (χ0n) is 20.8. The molecule has 34 heavy (non-hydrogen) atoms. The van der Waals surface area contributed by atoms with Crippen LogP contribution >= 0.6 is 0 Å². The first kappa shape index (κ1) is 22.5. The van der Waals surface area contributed by atoms with Crippen molar-refractivity contribution >= 4 is 22.6 Å². The number of anilines is 1. The highest BCUT2D eigenvalue weighted by molar-refractivity contribution is 5.90. The number of nitrogen functional groups attached to an aromatic ring is 1. The quantitative estimate of drug-likeness (QED) is 0.427. The fraction of sp³-hybridized carbons (Fsp3) is 0.379. The van der Waals surface area contributed by atoms with E-state index in [2.05, 4.69) is 79.0 Å². The summed E-state index contributed by atoms with van der Waals surface area (Å²) in [5, 5.41) is 0. The van der Waals surface area contributed by atoms with Gasteiger partial charge in [0.25, 0.3) is 0 Å². The molecule has 3 aromatic rings. The lowest BCUT2D eigenvalue weighted by Crippen LogP contribution is -2.21. The summed E-state index contributed by atoms with van der Waals surface area (Å²) in [4.78, 5) is 11.8. The van der Waals surface area contributed by atoms with Crippen LogP contribution in [0.1, 0.15) is 82.7 Å². The van der Waals surface area contributed by atoms with Gasteiger partial charge in [0.05, 0.1) is 0 Å². The molecular formula is C29H35N5. The first-order valence-corrected chi connectivity index (χ1v) is 12.6. The van der Waals surface area contributed by atoms with Gasteiger partial charge in [0.15, 0.2) is 0 Å². The van der Waals surface area contributed by atoms with Crippen molar-refractivity contribution in [1.82, 2.24) is 19.3 Å². The zero-order valence-corrected chi connectivity index (χ0v) is 20.8. The second kappa shape index (κ2) is 8.79. The Morgan fingerprint density at radius 2 is 2.03 bits per heavy atom. The first-order valence-electron chi connectivity index (χ1n) is 12.6. The summed E-state index contributed by atoms with van der Waals surface area (Å²) >= 11 is 0. The number of aromatic nitrogens is 3. The average Bonchev–Trinajstić information content (AvgIpc) is 3.21. The summed E-state index contributed by atoms with van der Waals surface area (Å²) in [5.74, 6) is 2.85. The SMILES string of the molecule is C=C1c2cc(-c3nc(C4CC(C)C4)n4ccnc(N)c34)ccc2C(CCC)=CN1/C(=C/C)CC. The van der Waals surface area contributed by atoms with E-state index in [1.807, 2.05) is 6.20 Å². The highest BCUT2D eigenvalue weighted by atomic mass is 15.1. The largest absolute Gasteiger partial charge is 0.382 e. The molecule has 1 saturated carbocycles. The molecule has 5 rings (SSSR count). The lowest BCUT2D eigenvalue weighted by Gasteiger charge is -2.33. The van der Waals surface area contributed by atoms with E-state index < -0.39 is 0 Å². The van der Waals surface area contributed by atoms with E-state index in [1.54, 1.807) is 6.20 Å². The van der Waals surface area contributed by atoms with Crippen molar-refractivity contribution in [3.8, 4) is 11.3 Å². The van der Waals surface area contributed by atoms with E-state index in [9.17, 15) is 0 Å². The Morgan fingerprint density at radius 1 is 1.24 bits per heavy atom. The summed E-state index contributed by atoms with van der Waals surface area (Å²) < 4.78 is 2.16. The van der Waals surface area contributed by atoms with E-state index in [0.717, 1.165) is 53.5 Å². The normalized spacial score (nSPS) is 20.4. The number of rotatable bonds is 6. The number of benzene rings is 1. The number of imidazole rings is 1. The maximum Gasteiger partial charge on any atom is 0.150 e. The van der Waals surface area contributed by atoms with Gasteiger partial charge >= 0.3 is 0 Å². The summed E-state index contributed by atoms with van der Waals surface area (Å²) in [6.45, 7) is 13.3. The Labute approximate surface area is 202 Å². The predicted molar refractivity (Wildman–Crippen MR) is 142 cm³/mol. The van der Waals surface area contributed by atoms with Gasteiger partial charge in [0, 0.05) is 47.0 Å². The van der Waals surface area contributed by atoms with Gasteiger partial charge in [-0.05, 0) is 55.7 Å². The minimum atomic E-state index is 0.474. The molecule has 0 bridgehead atoms. The van der Waals surface area contributed by atoms with Crippen LogP contribution in [0, 0.1) is 5.92 Å². The minimum Gasteiger partial charge on any atom is -0.382 e. The van der Waals surface area contributed by atoms with Crippen molar-refractivity contribution in [1.29, 1.82) is 0 Å². The molecule has 2 aromatic heterocycles. The highest BCUT2D eigenvalue weighted by Crippen LogP contribution is 2.44. The lowest BCUT2D eigenvalue weighted by molar-refractivity contribution is 0.277. The number of allylic oxidation sites excluding steroid dienone is 3. The van der Waals surface area contributed by atoms with E-state index >= 15 is 0 Å². The molecule has 3 heterocycles. The molecule has 0 saturated heterocycles. The second-order valence-corrected chi connectivity index (χ2v) is 9.74. The summed E-state index contributed by atoms with van der Waals surface area (Å²) in [7, 11) is 0. The molecule has 176 valence electrons. The van der Waals surface area contributed by atoms with Crippen LogP contribution in [0.15, 0.2) is 55.1 Å². The Bertz CT molecular complexity index is 1320. The van der Waals surface area contributed by atoms with E-state index in [0.29, 0.717) is 11.7 Å². The number of fused-ring (bicyclic) bond motifs is 2. The molecule has 5 nitrogen and oxygen atoms in total. The van der Waals surface area contributed by atoms with Crippen LogP contribution in [0.4, 0.5) is 5.82 Å². The smallest absolute Gasteiger partial charge is 0.150 e. The Kier molecular flexibility index (Phi) is 5.80. The van der Waals surface area contributed by atoms with E-state index in [4.69, 9.17) is 10.7 Å². The third-order valence-electron chi connectivity index (χ3n) is 7.40. The van der Waals surface area contributed by atoms with Crippen LogP contribution in [0.3, 0.4) is 0 Å². The molecule has 0 unspecified atom stereocenters. The first-order chi connectivity index (χ1) is 16.5. The van der Waals surface area contributed by atoms with Crippen molar-refractivity contribution in [3.05, 3.63) is 72.1 Å². The van der Waals surface area contributed by atoms with Gasteiger partial charge < -0.3 is 10.6 Å². The van der Waals surface area contributed by atoms with Gasteiger partial charge in [-0.2, -0.15) is 0 Å². The van der Waals surface area contributed by atoms with Crippen molar-refractivity contribution < 1.29 is 0 Å². The molecule has 1 aromatic carbocycles. The van der Waals surface area contributed by atoms with Crippen LogP contribution in [-0.4, -0.2) is 19.3 Å². The fourth-order valence-corrected chi connectivity index (χ4v) is 5.57. The van der Waals surface area contributed by atoms with E-state index in [-0.39, 0.29) is 0 Å². The van der Waals surface area contributed by atoms with Crippen LogP contribution in [0.5, 0.6) is 0 Å². The topological polar surface area (TPSA) is 59.5 Å². The van der Waals surface area contributed by atoms with Crippen LogP contribution < -0.4 is 5.73 Å². The van der Waals surface area contributed by atoms with Crippen LogP contribution in [-0.2, 0) is 0 Å². The standard InChI is InChI=1S/C29H35N5/c1-6-9-21-17-34(23(7-2)8-3)19(5)25-16-20(10-11-24(21)25)26-27-28(30)31-12-13-33(27)29(32-26)22-14-18(4)15-22/h7,10-13,16-18,22H,5-6,8-9,14-15H2,1-4H3,(H2,30,31)/b23-7+. The third-order valence-corrected chi connectivity index (χ3v) is 7.40. The van der Waals surface area contributed by atoms with Gasteiger partial charge in [-0.1, -0.05) is 52.0 Å². The summed E-state index contributed by atoms with van der Waals surface area (Å²) in [6.07, 6.45) is 13.7. The van der Waals surface area contributed by atoms with Crippen molar-refractivity contribution in [3.63, 3.8) is 0 Å². The summed E-state index contributed by atoms with van der Waals surface area (Å²) in [5.41, 5.74) is 15.3. The van der Waals surface area contributed by atoms with Gasteiger partial charge in [-0.3, -0.25) is 4.40 Å². The van der Waals surface area contributed by atoms with Crippen molar-refractivity contribution in [2.75, 3.05) is 5.73 Å². The molecule has 0 spiro atoms. The number of nitrogens with zero attached hydrogens (tertiary/aromatic N) is 4. The Balaban J connectivity index is 1.66. The Morgan fingerprint density at radius 3 is 2.71 bits per heavy atom. The zero-order chi connectivity index (χ0) is 24.0. The van der Waals surface area contributed by atoms with Gasteiger partial charge in [-0.15, -0.1) is 0 Å². The Hall–Kier alpha value is -3.34. The summed E-state index contributed by atoms with van der Waals surface area (Å²) in [6, 6.07) is 6.67. The molecular weight excluding hydrogens is 418 g/mol. The molecule has 0 radical (unpaired) electrons. The number of hydrogen-bond acceptors (Lipinski definition) is 4. The number of hydrogen-bond donors (Lipinski definition) is 1. The lowest BCUT2D eigenvalue weighted by atomic mass is 9.76. The molecule has 1 fully saturated rings. The fourth-order valence-electron chi connectivity index (χ4n) is 5.57. The van der Waals surface area contributed by atoms with Crippen molar-refractivity contribution in [2.45, 2.75) is 65.7 Å².